The van der Waals surface area contributed by atoms with E-state index in [0.29, 0.717) is 29.1 Å². The fourth-order valence-electron chi connectivity index (χ4n) is 3.88. The van der Waals surface area contributed by atoms with Crippen LogP contribution in [-0.2, 0) is 16.0 Å². The Morgan fingerprint density at radius 1 is 1.22 bits per heavy atom. The maximum absolute atomic E-state index is 12.6. The van der Waals surface area contributed by atoms with Gasteiger partial charge in [-0.25, -0.2) is 9.97 Å². The molecule has 7 heteroatoms. The number of nitrogens with zero attached hydrogens (tertiary/aromatic N) is 3. The molecule has 1 amide bonds. The van der Waals surface area contributed by atoms with E-state index in [-0.39, 0.29) is 23.5 Å². The van der Waals surface area contributed by atoms with Crippen molar-refractivity contribution in [1.29, 1.82) is 0 Å². The van der Waals surface area contributed by atoms with E-state index in [0.717, 1.165) is 57.2 Å². The number of halogens is 1. The predicted molar refractivity (Wildman–Crippen MR) is 105 cm³/mol. The Bertz CT molecular complexity index is 689. The molecule has 27 heavy (non-hydrogen) atoms. The van der Waals surface area contributed by atoms with E-state index in [1.165, 1.54) is 0 Å². The number of hydrogen-bond donors (Lipinski definition) is 1. The van der Waals surface area contributed by atoms with Gasteiger partial charge in [-0.3, -0.25) is 9.59 Å². The largest absolute Gasteiger partial charge is 0.383 e. The lowest BCUT2D eigenvalue weighted by molar-refractivity contribution is -0.138. The van der Waals surface area contributed by atoms with Crippen molar-refractivity contribution in [2.75, 3.05) is 18.8 Å². The third-order valence-corrected chi connectivity index (χ3v) is 6.10. The monoisotopic (exact) mass is 392 g/mol. The third-order valence-electron chi connectivity index (χ3n) is 5.79. The summed E-state index contributed by atoms with van der Waals surface area (Å²) in [6, 6.07) is 0. The van der Waals surface area contributed by atoms with Gasteiger partial charge >= 0.3 is 0 Å². The first-order chi connectivity index (χ1) is 12.8. The van der Waals surface area contributed by atoms with Crippen LogP contribution < -0.4 is 5.73 Å². The van der Waals surface area contributed by atoms with Gasteiger partial charge < -0.3 is 10.6 Å². The minimum absolute atomic E-state index is 0.127. The van der Waals surface area contributed by atoms with Crippen LogP contribution in [0.15, 0.2) is 0 Å². The number of hydrogen-bond acceptors (Lipinski definition) is 5. The van der Waals surface area contributed by atoms with Gasteiger partial charge in [-0.05, 0) is 51.4 Å². The van der Waals surface area contributed by atoms with E-state index in [1.807, 2.05) is 11.8 Å². The molecule has 1 unspecified atom stereocenters. The Morgan fingerprint density at radius 2 is 1.89 bits per heavy atom. The smallest absolute Gasteiger partial charge is 0.225 e. The van der Waals surface area contributed by atoms with Crippen molar-refractivity contribution in [3.05, 3.63) is 16.5 Å². The summed E-state index contributed by atoms with van der Waals surface area (Å²) in [7, 11) is 0. The number of aryl methyl sites for hydroxylation is 1. The molecule has 1 aliphatic heterocycles. The lowest BCUT2D eigenvalue weighted by atomic mass is 9.90. The first kappa shape index (κ1) is 20.1. The number of Topliss-reactive ketones (excluding diaryl/α,β-unsaturated/α-hetero) is 1. The zero-order valence-corrected chi connectivity index (χ0v) is 17.0. The highest BCUT2D eigenvalue weighted by Crippen LogP contribution is 2.32. The van der Waals surface area contributed by atoms with E-state index in [9.17, 15) is 9.59 Å². The van der Waals surface area contributed by atoms with Crippen molar-refractivity contribution >= 4 is 29.1 Å². The van der Waals surface area contributed by atoms with Crippen molar-refractivity contribution in [2.45, 2.75) is 58.8 Å². The quantitative estimate of drug-likeness (QED) is 0.719. The second-order valence-corrected chi connectivity index (χ2v) is 8.44. The molecule has 2 heterocycles. The third kappa shape index (κ3) is 5.18. The number of aromatic nitrogens is 2. The summed E-state index contributed by atoms with van der Waals surface area (Å²) in [5.41, 5.74) is 6.81. The Hall–Kier alpha value is -1.69. The van der Waals surface area contributed by atoms with Crippen LogP contribution >= 0.6 is 11.6 Å². The standard InChI is InChI=1S/C20H29ClN4O2/c1-12(11-17(26)15-4-5-15)20(27)25-9-7-14(8-10-25)3-6-16-18(21)23-13(2)24-19(16)22/h12,14-15H,3-11H2,1-2H3,(H2,22,23,24). The van der Waals surface area contributed by atoms with Crippen molar-refractivity contribution in [3.63, 3.8) is 0 Å². The molecule has 1 aliphatic carbocycles. The highest BCUT2D eigenvalue weighted by Gasteiger charge is 2.33. The Labute approximate surface area is 165 Å². The van der Waals surface area contributed by atoms with Gasteiger partial charge in [0.05, 0.1) is 0 Å². The summed E-state index contributed by atoms with van der Waals surface area (Å²) in [5.74, 6) is 2.02. The SMILES string of the molecule is Cc1nc(N)c(CCC2CCN(C(=O)C(C)CC(=O)C3CC3)CC2)c(Cl)n1. The zero-order chi connectivity index (χ0) is 19.6. The van der Waals surface area contributed by atoms with E-state index < -0.39 is 0 Å². The number of rotatable bonds is 7. The van der Waals surface area contributed by atoms with E-state index in [2.05, 4.69) is 9.97 Å². The zero-order valence-electron chi connectivity index (χ0n) is 16.2. The average Bonchev–Trinajstić information content (AvgIpc) is 3.46. The van der Waals surface area contributed by atoms with Gasteiger partial charge in [-0.2, -0.15) is 0 Å². The number of nitrogen functional groups attached to an aromatic ring is 1. The topological polar surface area (TPSA) is 89.2 Å². The minimum atomic E-state index is -0.196. The average molecular weight is 393 g/mol. The summed E-state index contributed by atoms with van der Waals surface area (Å²) in [5, 5.41) is 0.446. The predicted octanol–water partition coefficient (Wildman–Crippen LogP) is 3.20. The Kier molecular flexibility index (Phi) is 6.35. The second kappa shape index (κ2) is 8.55. The normalized spacial score (nSPS) is 19.1. The molecular weight excluding hydrogens is 364 g/mol. The van der Waals surface area contributed by atoms with Crippen LogP contribution in [0.1, 0.15) is 56.8 Å². The highest BCUT2D eigenvalue weighted by atomic mass is 35.5. The number of carbonyl (C=O) groups excluding carboxylic acids is 2. The summed E-state index contributed by atoms with van der Waals surface area (Å²) >= 11 is 6.21. The molecule has 0 radical (unpaired) electrons. The van der Waals surface area contributed by atoms with Gasteiger partial charge in [0, 0.05) is 36.9 Å². The lowest BCUT2D eigenvalue weighted by Gasteiger charge is -2.33. The number of anilines is 1. The van der Waals surface area contributed by atoms with Crippen molar-refractivity contribution in [3.8, 4) is 0 Å². The van der Waals surface area contributed by atoms with Crippen LogP contribution in [-0.4, -0.2) is 39.6 Å². The molecule has 1 saturated carbocycles. The van der Waals surface area contributed by atoms with Crippen molar-refractivity contribution in [1.82, 2.24) is 14.9 Å². The molecule has 2 fully saturated rings. The molecule has 0 aromatic carbocycles. The van der Waals surface area contributed by atoms with E-state index in [4.69, 9.17) is 17.3 Å². The molecule has 1 atom stereocenters. The summed E-state index contributed by atoms with van der Waals surface area (Å²) in [6.07, 6.45) is 6.08. The molecule has 6 nitrogen and oxygen atoms in total. The van der Waals surface area contributed by atoms with Gasteiger partial charge in [0.25, 0.3) is 0 Å². The number of amides is 1. The van der Waals surface area contributed by atoms with Crippen LogP contribution in [0.25, 0.3) is 0 Å². The lowest BCUT2D eigenvalue weighted by Crippen LogP contribution is -2.41. The van der Waals surface area contributed by atoms with Gasteiger partial charge in [0.2, 0.25) is 5.91 Å². The van der Waals surface area contributed by atoms with Crippen LogP contribution in [0.4, 0.5) is 5.82 Å². The van der Waals surface area contributed by atoms with Crippen LogP contribution in [0.3, 0.4) is 0 Å². The maximum atomic E-state index is 12.6. The van der Waals surface area contributed by atoms with Crippen LogP contribution in [0.2, 0.25) is 5.15 Å². The van der Waals surface area contributed by atoms with Crippen LogP contribution in [0, 0.1) is 24.7 Å². The Morgan fingerprint density at radius 3 is 2.48 bits per heavy atom. The molecular formula is C20H29ClN4O2. The number of ketones is 1. The summed E-state index contributed by atoms with van der Waals surface area (Å²) < 4.78 is 0. The van der Waals surface area contributed by atoms with Crippen molar-refractivity contribution < 1.29 is 9.59 Å². The second-order valence-electron chi connectivity index (χ2n) is 8.08. The molecule has 3 rings (SSSR count). The van der Waals surface area contributed by atoms with Crippen molar-refractivity contribution in [2.24, 2.45) is 17.8 Å². The van der Waals surface area contributed by atoms with Gasteiger partial charge in [-0.15, -0.1) is 0 Å². The molecule has 1 saturated heterocycles. The molecule has 0 bridgehead atoms. The molecule has 2 N–H and O–H groups in total. The number of nitrogens with two attached hydrogens (primary N) is 1. The maximum Gasteiger partial charge on any atom is 0.225 e. The Balaban J connectivity index is 1.44. The molecule has 1 aromatic heterocycles. The molecule has 0 spiro atoms. The first-order valence-corrected chi connectivity index (χ1v) is 10.3. The molecule has 148 valence electrons. The number of carbonyl (C=O) groups is 2. The number of piperidine rings is 1. The minimum Gasteiger partial charge on any atom is -0.383 e. The summed E-state index contributed by atoms with van der Waals surface area (Å²) in [6.45, 7) is 5.19. The summed E-state index contributed by atoms with van der Waals surface area (Å²) in [4.78, 5) is 34.9. The van der Waals surface area contributed by atoms with Gasteiger partial charge in [-0.1, -0.05) is 18.5 Å². The highest BCUT2D eigenvalue weighted by molar-refractivity contribution is 6.30. The first-order valence-electron chi connectivity index (χ1n) is 9.95. The molecule has 1 aromatic rings. The number of likely N-dealkylation sites (tertiary alicyclic amines) is 1. The van der Waals surface area contributed by atoms with Crippen LogP contribution in [0.5, 0.6) is 0 Å². The van der Waals surface area contributed by atoms with Gasteiger partial charge in [0.1, 0.15) is 22.6 Å². The van der Waals surface area contributed by atoms with E-state index >= 15 is 0 Å². The fraction of sp³-hybridized carbons (Fsp3) is 0.700. The van der Waals surface area contributed by atoms with E-state index in [1.54, 1.807) is 6.92 Å². The van der Waals surface area contributed by atoms with Gasteiger partial charge in [0.15, 0.2) is 0 Å². The fourth-order valence-corrected chi connectivity index (χ4v) is 4.19. The molecule has 2 aliphatic rings.